The van der Waals surface area contributed by atoms with E-state index in [1.807, 2.05) is 30.3 Å². The minimum atomic E-state index is -0.439. The molecule has 2 aromatic carbocycles. The highest BCUT2D eigenvalue weighted by atomic mass is 16.5. The minimum absolute atomic E-state index is 0.220. The molecule has 0 saturated carbocycles. The number of ether oxygens (including phenoxy) is 1. The van der Waals surface area contributed by atoms with E-state index in [0.29, 0.717) is 17.8 Å². The predicted octanol–water partition coefficient (Wildman–Crippen LogP) is 3.37. The number of rotatable bonds is 8. The van der Waals surface area contributed by atoms with E-state index in [1.54, 1.807) is 37.3 Å². The number of anilines is 2. The van der Waals surface area contributed by atoms with Crippen LogP contribution in [0.2, 0.25) is 0 Å². The van der Waals surface area contributed by atoms with E-state index in [4.69, 9.17) is 4.74 Å². The van der Waals surface area contributed by atoms with Crippen molar-refractivity contribution in [2.24, 2.45) is 0 Å². The molecule has 0 aliphatic heterocycles. The quantitative estimate of drug-likeness (QED) is 0.573. The molecule has 0 saturated heterocycles. The Morgan fingerprint density at radius 3 is 2.55 bits per heavy atom. The second kappa shape index (κ2) is 9.98. The van der Waals surface area contributed by atoms with Gasteiger partial charge < -0.3 is 15.4 Å². The summed E-state index contributed by atoms with van der Waals surface area (Å²) in [4.78, 5) is 32.9. The van der Waals surface area contributed by atoms with E-state index in [1.165, 1.54) is 6.20 Å². The van der Waals surface area contributed by atoms with Gasteiger partial charge in [-0.3, -0.25) is 4.79 Å². The summed E-state index contributed by atoms with van der Waals surface area (Å²) in [6.45, 7) is 2.53. The van der Waals surface area contributed by atoms with E-state index >= 15 is 0 Å². The van der Waals surface area contributed by atoms with Gasteiger partial charge in [0, 0.05) is 12.7 Å². The highest BCUT2D eigenvalue weighted by Gasteiger charge is 2.14. The van der Waals surface area contributed by atoms with E-state index in [9.17, 15) is 9.59 Å². The molecular formula is C22H22N4O3. The Morgan fingerprint density at radius 1 is 1.00 bits per heavy atom. The molecule has 0 radical (unpaired) electrons. The van der Waals surface area contributed by atoms with E-state index in [-0.39, 0.29) is 24.2 Å². The monoisotopic (exact) mass is 390 g/mol. The molecule has 1 amide bonds. The Balaban J connectivity index is 1.65. The van der Waals surface area contributed by atoms with Gasteiger partial charge in [0.15, 0.2) is 0 Å². The first-order valence-electron chi connectivity index (χ1n) is 9.35. The van der Waals surface area contributed by atoms with Crippen molar-refractivity contribution in [2.45, 2.75) is 13.3 Å². The number of hydrogen-bond donors (Lipinski definition) is 2. The molecule has 1 aromatic heterocycles. The summed E-state index contributed by atoms with van der Waals surface area (Å²) in [6.07, 6.45) is 2.23. The summed E-state index contributed by atoms with van der Waals surface area (Å²) in [7, 11) is 0. The van der Waals surface area contributed by atoms with Crippen LogP contribution in [0, 0.1) is 0 Å². The number of amides is 1. The molecular weight excluding hydrogens is 368 g/mol. The average molecular weight is 390 g/mol. The SMILES string of the molecule is CCOC(=O)c1ccccc1Nc1nccc(C(=O)NCCc2ccccc2)n1. The van der Waals surface area contributed by atoms with Crippen LogP contribution in [0.5, 0.6) is 0 Å². The Kier molecular flexibility index (Phi) is 6.89. The number of aromatic nitrogens is 2. The van der Waals surface area contributed by atoms with Crippen LogP contribution in [-0.4, -0.2) is 35.0 Å². The molecule has 3 rings (SSSR count). The van der Waals surface area contributed by atoms with Gasteiger partial charge in [-0.2, -0.15) is 0 Å². The van der Waals surface area contributed by atoms with Gasteiger partial charge in [0.2, 0.25) is 5.95 Å². The molecule has 0 spiro atoms. The number of carbonyl (C=O) groups excluding carboxylic acids is 2. The van der Waals surface area contributed by atoms with Gasteiger partial charge in [-0.1, -0.05) is 42.5 Å². The van der Waals surface area contributed by atoms with E-state index in [0.717, 1.165) is 12.0 Å². The molecule has 0 atom stereocenters. The Labute approximate surface area is 169 Å². The zero-order chi connectivity index (χ0) is 20.5. The fraction of sp³-hybridized carbons (Fsp3) is 0.182. The van der Waals surface area contributed by atoms with E-state index < -0.39 is 5.97 Å². The van der Waals surface area contributed by atoms with Crippen molar-refractivity contribution in [1.82, 2.24) is 15.3 Å². The lowest BCUT2D eigenvalue weighted by molar-refractivity contribution is 0.0527. The summed E-state index contributed by atoms with van der Waals surface area (Å²) in [5.74, 6) is -0.507. The number of nitrogens with zero attached hydrogens (tertiary/aromatic N) is 2. The Bertz CT molecular complexity index is 977. The van der Waals surface area contributed by atoms with Crippen LogP contribution in [-0.2, 0) is 11.2 Å². The molecule has 7 heteroatoms. The molecule has 1 heterocycles. The smallest absolute Gasteiger partial charge is 0.340 e. The molecule has 29 heavy (non-hydrogen) atoms. The van der Waals surface area contributed by atoms with Gasteiger partial charge in [0.05, 0.1) is 17.9 Å². The molecule has 0 unspecified atom stereocenters. The van der Waals surface area contributed by atoms with Crippen molar-refractivity contribution >= 4 is 23.5 Å². The topological polar surface area (TPSA) is 93.2 Å². The highest BCUT2D eigenvalue weighted by Crippen LogP contribution is 2.19. The molecule has 0 fully saturated rings. The molecule has 0 aliphatic rings. The van der Waals surface area contributed by atoms with Gasteiger partial charge in [-0.15, -0.1) is 0 Å². The average Bonchev–Trinajstić information content (AvgIpc) is 2.75. The number of carbonyl (C=O) groups is 2. The maximum absolute atomic E-state index is 12.4. The third-order valence-electron chi connectivity index (χ3n) is 4.10. The summed E-state index contributed by atoms with van der Waals surface area (Å²) in [5, 5.41) is 5.84. The Hall–Kier alpha value is -3.74. The number of nitrogens with one attached hydrogen (secondary N) is 2. The van der Waals surface area contributed by atoms with Crippen LogP contribution in [0.15, 0.2) is 66.9 Å². The van der Waals surface area contributed by atoms with Crippen LogP contribution in [0.1, 0.15) is 33.3 Å². The molecule has 0 aliphatic carbocycles. The zero-order valence-corrected chi connectivity index (χ0v) is 16.1. The first-order valence-corrected chi connectivity index (χ1v) is 9.35. The van der Waals surface area contributed by atoms with Crippen molar-refractivity contribution in [3.8, 4) is 0 Å². The van der Waals surface area contributed by atoms with Crippen LogP contribution in [0.4, 0.5) is 11.6 Å². The lowest BCUT2D eigenvalue weighted by atomic mass is 10.1. The van der Waals surface area contributed by atoms with Gasteiger partial charge in [-0.05, 0) is 37.1 Å². The van der Waals surface area contributed by atoms with Gasteiger partial charge >= 0.3 is 5.97 Å². The van der Waals surface area contributed by atoms with Crippen molar-refractivity contribution in [2.75, 3.05) is 18.5 Å². The summed E-state index contributed by atoms with van der Waals surface area (Å²) in [5.41, 5.74) is 2.26. The first-order chi connectivity index (χ1) is 14.2. The van der Waals surface area contributed by atoms with Gasteiger partial charge in [-0.25, -0.2) is 14.8 Å². The fourth-order valence-electron chi connectivity index (χ4n) is 2.70. The third-order valence-corrected chi connectivity index (χ3v) is 4.10. The van der Waals surface area contributed by atoms with Crippen molar-refractivity contribution in [3.63, 3.8) is 0 Å². The maximum atomic E-state index is 12.4. The molecule has 7 nitrogen and oxygen atoms in total. The lowest BCUT2D eigenvalue weighted by Crippen LogP contribution is -2.26. The lowest BCUT2D eigenvalue weighted by Gasteiger charge is -2.11. The second-order valence-electron chi connectivity index (χ2n) is 6.15. The number of benzene rings is 2. The largest absolute Gasteiger partial charge is 0.462 e. The fourth-order valence-corrected chi connectivity index (χ4v) is 2.70. The van der Waals surface area contributed by atoms with Crippen LogP contribution < -0.4 is 10.6 Å². The van der Waals surface area contributed by atoms with Crippen LogP contribution >= 0.6 is 0 Å². The molecule has 2 N–H and O–H groups in total. The normalized spacial score (nSPS) is 10.2. The molecule has 0 bridgehead atoms. The summed E-state index contributed by atoms with van der Waals surface area (Å²) < 4.78 is 5.07. The van der Waals surface area contributed by atoms with Crippen LogP contribution in [0.3, 0.4) is 0 Å². The van der Waals surface area contributed by atoms with Crippen LogP contribution in [0.25, 0.3) is 0 Å². The molecule has 3 aromatic rings. The van der Waals surface area contributed by atoms with Gasteiger partial charge in [0.1, 0.15) is 5.69 Å². The number of para-hydroxylation sites is 1. The molecule has 148 valence electrons. The zero-order valence-electron chi connectivity index (χ0n) is 16.1. The Morgan fingerprint density at radius 2 is 1.76 bits per heavy atom. The second-order valence-corrected chi connectivity index (χ2v) is 6.15. The third kappa shape index (κ3) is 5.62. The predicted molar refractivity (Wildman–Crippen MR) is 110 cm³/mol. The summed E-state index contributed by atoms with van der Waals surface area (Å²) in [6, 6.07) is 18.4. The highest BCUT2D eigenvalue weighted by molar-refractivity contribution is 5.96. The first kappa shape index (κ1) is 20.0. The van der Waals surface area contributed by atoms with E-state index in [2.05, 4.69) is 20.6 Å². The van der Waals surface area contributed by atoms with Gasteiger partial charge in [0.25, 0.3) is 5.91 Å². The van der Waals surface area contributed by atoms with Crippen molar-refractivity contribution < 1.29 is 14.3 Å². The minimum Gasteiger partial charge on any atom is -0.462 e. The maximum Gasteiger partial charge on any atom is 0.340 e. The standard InChI is InChI=1S/C22H22N4O3/c1-2-29-21(28)17-10-6-7-11-18(17)25-22-24-15-13-19(26-22)20(27)23-14-12-16-8-4-3-5-9-16/h3-11,13,15H,2,12,14H2,1H3,(H,23,27)(H,24,25,26). The van der Waals surface area contributed by atoms with Crippen molar-refractivity contribution in [1.29, 1.82) is 0 Å². The summed E-state index contributed by atoms with van der Waals surface area (Å²) >= 11 is 0. The number of hydrogen-bond acceptors (Lipinski definition) is 6. The van der Waals surface area contributed by atoms with Crippen molar-refractivity contribution in [3.05, 3.63) is 83.7 Å². The number of esters is 1.